The molecule has 0 bridgehead atoms. The largest absolute Gasteiger partial charge is 0.478 e. The van der Waals surface area contributed by atoms with E-state index in [1.807, 2.05) is 0 Å². The van der Waals surface area contributed by atoms with Gasteiger partial charge in [-0.05, 0) is 40.5 Å². The third-order valence-corrected chi connectivity index (χ3v) is 5.11. The molecule has 8 heteroatoms. The summed E-state index contributed by atoms with van der Waals surface area (Å²) in [6.07, 6.45) is 0.290. The van der Waals surface area contributed by atoms with Gasteiger partial charge in [0.1, 0.15) is 0 Å². The van der Waals surface area contributed by atoms with Crippen LogP contribution in [0.15, 0.2) is 27.6 Å². The normalized spacial score (nSPS) is 11.1. The zero-order valence-electron chi connectivity index (χ0n) is 10.7. The summed E-state index contributed by atoms with van der Waals surface area (Å²) in [5.41, 5.74) is -0.114. The topological polar surface area (TPSA) is 101 Å². The molecule has 0 saturated heterocycles. The van der Waals surface area contributed by atoms with E-state index < -0.39 is 15.8 Å². The number of halogens is 1. The molecule has 2 N–H and O–H groups in total. The van der Waals surface area contributed by atoms with Gasteiger partial charge in [0.2, 0.25) is 5.91 Å². The molecule has 0 atom stereocenters. The lowest BCUT2D eigenvalue weighted by Crippen LogP contribution is -2.18. The predicted octanol–water partition coefficient (Wildman–Crippen LogP) is 1.45. The summed E-state index contributed by atoms with van der Waals surface area (Å²) in [6, 6.07) is 3.84. The molecule has 0 aliphatic heterocycles. The molecule has 1 amide bonds. The van der Waals surface area contributed by atoms with Crippen molar-refractivity contribution in [2.24, 2.45) is 0 Å². The molecule has 1 rings (SSSR count). The minimum Gasteiger partial charge on any atom is -0.478 e. The molecule has 0 aliphatic carbocycles. The summed E-state index contributed by atoms with van der Waals surface area (Å²) in [6.45, 7) is 0. The third kappa shape index (κ3) is 4.31. The van der Waals surface area contributed by atoms with Crippen molar-refractivity contribution >= 4 is 37.6 Å². The number of sulfone groups is 1. The highest BCUT2D eigenvalue weighted by Crippen LogP contribution is 2.22. The van der Waals surface area contributed by atoms with Crippen LogP contribution in [0, 0.1) is 0 Å². The van der Waals surface area contributed by atoms with Crippen LogP contribution < -0.4 is 5.32 Å². The van der Waals surface area contributed by atoms with Crippen LogP contribution in [0.1, 0.15) is 23.2 Å². The van der Waals surface area contributed by atoms with Crippen LogP contribution in [0.25, 0.3) is 0 Å². The third-order valence-electron chi connectivity index (χ3n) is 2.62. The molecule has 0 heterocycles. The van der Waals surface area contributed by atoms with Gasteiger partial charge in [-0.15, -0.1) is 0 Å². The first kappa shape index (κ1) is 16.6. The number of amides is 1. The van der Waals surface area contributed by atoms with E-state index in [9.17, 15) is 18.0 Å². The lowest BCUT2D eigenvalue weighted by molar-refractivity contribution is -0.120. The van der Waals surface area contributed by atoms with Gasteiger partial charge in [-0.1, -0.05) is 0 Å². The maximum absolute atomic E-state index is 12.0. The van der Waals surface area contributed by atoms with E-state index in [-0.39, 0.29) is 35.0 Å². The highest BCUT2D eigenvalue weighted by molar-refractivity contribution is 9.10. The quantitative estimate of drug-likeness (QED) is 0.796. The summed E-state index contributed by atoms with van der Waals surface area (Å²) >= 11 is 3.05. The Morgan fingerprint density at radius 1 is 1.35 bits per heavy atom. The van der Waals surface area contributed by atoms with Crippen LogP contribution in [-0.2, 0) is 14.6 Å². The van der Waals surface area contributed by atoms with Crippen molar-refractivity contribution in [3.63, 3.8) is 0 Å². The summed E-state index contributed by atoms with van der Waals surface area (Å²) < 4.78 is 24.4. The second-order valence-electron chi connectivity index (χ2n) is 4.04. The van der Waals surface area contributed by atoms with E-state index >= 15 is 0 Å². The molecular formula is C12H14BrNO5S. The van der Waals surface area contributed by atoms with Crippen molar-refractivity contribution in [1.82, 2.24) is 5.32 Å². The fraction of sp³-hybridized carbons (Fsp3) is 0.333. The smallest absolute Gasteiger partial charge is 0.336 e. The minimum absolute atomic E-state index is 0.0602. The Hall–Kier alpha value is -1.41. The van der Waals surface area contributed by atoms with Gasteiger partial charge >= 0.3 is 5.97 Å². The number of carboxylic acid groups (broad SMARTS) is 1. The molecule has 1 aromatic carbocycles. The molecule has 0 saturated carbocycles. The number of carbonyl (C=O) groups is 2. The molecule has 0 spiro atoms. The zero-order valence-corrected chi connectivity index (χ0v) is 13.1. The van der Waals surface area contributed by atoms with Gasteiger partial charge in [0.05, 0.1) is 16.2 Å². The minimum atomic E-state index is -3.60. The van der Waals surface area contributed by atoms with Gasteiger partial charge in [-0.25, -0.2) is 13.2 Å². The molecular weight excluding hydrogens is 350 g/mol. The van der Waals surface area contributed by atoms with Crippen LogP contribution in [0.3, 0.4) is 0 Å². The maximum atomic E-state index is 12.0. The number of rotatable bonds is 6. The van der Waals surface area contributed by atoms with Crippen LogP contribution in [0.4, 0.5) is 0 Å². The highest BCUT2D eigenvalue weighted by Gasteiger charge is 2.18. The van der Waals surface area contributed by atoms with Gasteiger partial charge in [0, 0.05) is 17.9 Å². The van der Waals surface area contributed by atoms with Crippen LogP contribution in [-0.4, -0.2) is 38.2 Å². The number of hydrogen-bond donors (Lipinski definition) is 2. The van der Waals surface area contributed by atoms with Crippen molar-refractivity contribution in [3.05, 3.63) is 28.2 Å². The van der Waals surface area contributed by atoms with Gasteiger partial charge in [-0.3, -0.25) is 4.79 Å². The molecule has 0 aliphatic rings. The van der Waals surface area contributed by atoms with Gasteiger partial charge < -0.3 is 10.4 Å². The summed E-state index contributed by atoms with van der Waals surface area (Å²) in [4.78, 5) is 21.9. The Balaban J connectivity index is 2.90. The molecule has 0 fully saturated rings. The average molecular weight is 364 g/mol. The lowest BCUT2D eigenvalue weighted by Gasteiger charge is -2.06. The van der Waals surface area contributed by atoms with Crippen molar-refractivity contribution in [2.75, 3.05) is 12.8 Å². The summed E-state index contributed by atoms with van der Waals surface area (Å²) in [7, 11) is -2.12. The first-order valence-corrected chi connectivity index (χ1v) is 8.18. The Labute approximate surface area is 125 Å². The van der Waals surface area contributed by atoms with Crippen molar-refractivity contribution in [2.45, 2.75) is 17.7 Å². The Morgan fingerprint density at radius 3 is 2.55 bits per heavy atom. The first-order valence-electron chi connectivity index (χ1n) is 5.74. The number of carbonyl (C=O) groups excluding carboxylic acids is 1. The van der Waals surface area contributed by atoms with Crippen molar-refractivity contribution < 1.29 is 23.1 Å². The van der Waals surface area contributed by atoms with Gasteiger partial charge in [0.25, 0.3) is 0 Å². The zero-order chi connectivity index (χ0) is 15.3. The van der Waals surface area contributed by atoms with E-state index in [1.54, 1.807) is 0 Å². The molecule has 110 valence electrons. The van der Waals surface area contributed by atoms with Gasteiger partial charge in [0.15, 0.2) is 9.84 Å². The monoisotopic (exact) mass is 363 g/mol. The Morgan fingerprint density at radius 2 is 2.00 bits per heavy atom. The van der Waals surface area contributed by atoms with Crippen LogP contribution >= 0.6 is 15.9 Å². The van der Waals surface area contributed by atoms with Crippen LogP contribution in [0.2, 0.25) is 0 Å². The lowest BCUT2D eigenvalue weighted by atomic mass is 10.2. The number of benzene rings is 1. The SMILES string of the molecule is CNC(=O)CCCS(=O)(=O)c1ccc(Br)c(C(=O)O)c1. The number of carboxylic acids is 1. The number of aromatic carboxylic acids is 1. The number of hydrogen-bond acceptors (Lipinski definition) is 4. The van der Waals surface area contributed by atoms with E-state index in [1.165, 1.54) is 19.2 Å². The fourth-order valence-corrected chi connectivity index (χ4v) is 3.28. The Kier molecular flexibility index (Phi) is 5.70. The van der Waals surface area contributed by atoms with Crippen molar-refractivity contribution in [3.8, 4) is 0 Å². The highest BCUT2D eigenvalue weighted by atomic mass is 79.9. The molecule has 1 aromatic rings. The Bertz CT molecular complexity index is 627. The molecule has 0 aromatic heterocycles. The van der Waals surface area contributed by atoms with E-state index in [0.717, 1.165) is 6.07 Å². The van der Waals surface area contributed by atoms with E-state index in [4.69, 9.17) is 5.11 Å². The summed E-state index contributed by atoms with van der Waals surface area (Å²) in [5.74, 6) is -1.65. The average Bonchev–Trinajstić information content (AvgIpc) is 2.38. The fourth-order valence-electron chi connectivity index (χ4n) is 1.53. The number of nitrogens with one attached hydrogen (secondary N) is 1. The first-order chi connectivity index (χ1) is 9.27. The summed E-state index contributed by atoms with van der Waals surface area (Å²) in [5, 5.41) is 11.4. The maximum Gasteiger partial charge on any atom is 0.336 e. The van der Waals surface area contributed by atoms with Crippen molar-refractivity contribution in [1.29, 1.82) is 0 Å². The van der Waals surface area contributed by atoms with E-state index in [0.29, 0.717) is 4.47 Å². The second kappa shape index (κ2) is 6.85. The van der Waals surface area contributed by atoms with Gasteiger partial charge in [-0.2, -0.15) is 0 Å². The van der Waals surface area contributed by atoms with Crippen LogP contribution in [0.5, 0.6) is 0 Å². The molecule has 0 unspecified atom stereocenters. The van der Waals surface area contributed by atoms with E-state index in [2.05, 4.69) is 21.2 Å². The standard InChI is InChI=1S/C12H14BrNO5S/c1-14-11(15)3-2-6-20(18,19)8-4-5-10(13)9(7-8)12(16)17/h4-5,7H,2-3,6H2,1H3,(H,14,15)(H,16,17). The predicted molar refractivity (Wildman–Crippen MR) is 76.5 cm³/mol. The molecule has 0 radical (unpaired) electrons. The molecule has 6 nitrogen and oxygen atoms in total. The molecule has 20 heavy (non-hydrogen) atoms. The second-order valence-corrected chi connectivity index (χ2v) is 7.01.